The van der Waals surface area contributed by atoms with Crippen molar-refractivity contribution in [1.29, 1.82) is 0 Å². The first-order valence-corrected chi connectivity index (χ1v) is 7.67. The lowest BCUT2D eigenvalue weighted by Gasteiger charge is -2.47. The molecule has 1 aromatic heterocycles. The molecule has 3 heteroatoms. The summed E-state index contributed by atoms with van der Waals surface area (Å²) in [6.45, 7) is 12.0. The van der Waals surface area contributed by atoms with Crippen molar-refractivity contribution in [2.24, 2.45) is 0 Å². The second-order valence-corrected chi connectivity index (χ2v) is 5.85. The highest BCUT2D eigenvalue weighted by atomic mass is 16.3. The van der Waals surface area contributed by atoms with E-state index in [1.807, 2.05) is 6.92 Å². The Morgan fingerprint density at radius 3 is 2.58 bits per heavy atom. The molecule has 2 heterocycles. The van der Waals surface area contributed by atoms with Gasteiger partial charge in [-0.15, -0.1) is 0 Å². The zero-order valence-corrected chi connectivity index (χ0v) is 12.8. The topological polar surface area (TPSA) is 28.4 Å². The molecule has 0 amide bonds. The van der Waals surface area contributed by atoms with Gasteiger partial charge in [-0.25, -0.2) is 0 Å². The molecule has 1 N–H and O–H groups in total. The van der Waals surface area contributed by atoms with E-state index in [2.05, 4.69) is 43.1 Å². The maximum Gasteiger partial charge on any atom is 0.118 e. The van der Waals surface area contributed by atoms with Crippen molar-refractivity contribution in [3.63, 3.8) is 0 Å². The second-order valence-electron chi connectivity index (χ2n) is 5.85. The van der Waals surface area contributed by atoms with Crippen LogP contribution in [0.15, 0.2) is 16.5 Å². The van der Waals surface area contributed by atoms with Crippen LogP contribution >= 0.6 is 0 Å². The first kappa shape index (κ1) is 14.6. The molecule has 1 aromatic rings. The molecule has 0 bridgehead atoms. The first-order valence-electron chi connectivity index (χ1n) is 7.67. The average Bonchev–Trinajstić information content (AvgIpc) is 2.84. The van der Waals surface area contributed by atoms with Crippen molar-refractivity contribution < 1.29 is 4.42 Å². The fraction of sp³-hybridized carbons (Fsp3) is 0.750. The number of nitrogens with zero attached hydrogens (tertiary/aromatic N) is 1. The molecule has 1 aliphatic heterocycles. The highest BCUT2D eigenvalue weighted by Crippen LogP contribution is 2.25. The number of furan rings is 1. The molecule has 0 spiro atoms. The lowest BCUT2D eigenvalue weighted by Crippen LogP contribution is -2.63. The van der Waals surface area contributed by atoms with E-state index in [4.69, 9.17) is 4.42 Å². The molecule has 2 rings (SSSR count). The van der Waals surface area contributed by atoms with Crippen LogP contribution in [0.4, 0.5) is 0 Å². The first-order chi connectivity index (χ1) is 9.12. The van der Waals surface area contributed by atoms with Gasteiger partial charge in [-0.05, 0) is 38.3 Å². The third kappa shape index (κ3) is 3.21. The zero-order valence-electron chi connectivity index (χ0n) is 12.8. The Bertz CT molecular complexity index is 395. The summed E-state index contributed by atoms with van der Waals surface area (Å²) in [5.74, 6) is 2.11. The van der Waals surface area contributed by atoms with Gasteiger partial charge in [-0.2, -0.15) is 0 Å². The fourth-order valence-corrected chi connectivity index (χ4v) is 3.12. The van der Waals surface area contributed by atoms with Crippen LogP contribution in [0, 0.1) is 6.92 Å². The van der Waals surface area contributed by atoms with Crippen molar-refractivity contribution in [2.75, 3.05) is 13.1 Å². The van der Waals surface area contributed by atoms with Gasteiger partial charge in [0.15, 0.2) is 0 Å². The van der Waals surface area contributed by atoms with Crippen LogP contribution in [-0.2, 0) is 6.54 Å². The molecule has 0 aliphatic carbocycles. The minimum atomic E-state index is 0.285. The number of piperazine rings is 1. The molecule has 1 fully saturated rings. The van der Waals surface area contributed by atoms with Crippen LogP contribution in [0.2, 0.25) is 0 Å². The van der Waals surface area contributed by atoms with Gasteiger partial charge in [0.1, 0.15) is 11.5 Å². The highest BCUT2D eigenvalue weighted by molar-refractivity contribution is 5.07. The van der Waals surface area contributed by atoms with Gasteiger partial charge in [0.25, 0.3) is 0 Å². The van der Waals surface area contributed by atoms with Gasteiger partial charge in [0, 0.05) is 24.7 Å². The summed E-state index contributed by atoms with van der Waals surface area (Å²) >= 11 is 0. The lowest BCUT2D eigenvalue weighted by molar-refractivity contribution is 0.0587. The van der Waals surface area contributed by atoms with Crippen molar-refractivity contribution in [3.05, 3.63) is 23.7 Å². The van der Waals surface area contributed by atoms with Crippen molar-refractivity contribution in [3.8, 4) is 0 Å². The second kappa shape index (κ2) is 6.10. The summed E-state index contributed by atoms with van der Waals surface area (Å²) in [7, 11) is 0. The molecular weight excluding hydrogens is 236 g/mol. The van der Waals surface area contributed by atoms with Crippen molar-refractivity contribution in [1.82, 2.24) is 10.2 Å². The van der Waals surface area contributed by atoms with E-state index in [0.29, 0.717) is 6.04 Å². The third-order valence-electron chi connectivity index (χ3n) is 4.71. The number of aryl methyl sites for hydroxylation is 1. The van der Waals surface area contributed by atoms with Crippen LogP contribution in [0.5, 0.6) is 0 Å². The Kier molecular flexibility index (Phi) is 4.69. The SMILES string of the molecule is CCC1CNC(CC)(CC)CN1Cc1ccc(C)o1. The minimum Gasteiger partial charge on any atom is -0.465 e. The number of nitrogens with one attached hydrogen (secondary N) is 1. The van der Waals surface area contributed by atoms with E-state index in [-0.39, 0.29) is 5.54 Å². The predicted molar refractivity (Wildman–Crippen MR) is 79.2 cm³/mol. The maximum atomic E-state index is 5.75. The quantitative estimate of drug-likeness (QED) is 0.884. The minimum absolute atomic E-state index is 0.285. The van der Waals surface area contributed by atoms with Gasteiger partial charge in [-0.3, -0.25) is 4.90 Å². The maximum absolute atomic E-state index is 5.75. The van der Waals surface area contributed by atoms with E-state index >= 15 is 0 Å². The summed E-state index contributed by atoms with van der Waals surface area (Å²) < 4.78 is 5.75. The Morgan fingerprint density at radius 2 is 2.05 bits per heavy atom. The normalized spacial score (nSPS) is 23.7. The Balaban J connectivity index is 2.09. The number of hydrogen-bond donors (Lipinski definition) is 1. The summed E-state index contributed by atoms with van der Waals surface area (Å²) in [6.07, 6.45) is 3.57. The molecule has 108 valence electrons. The van der Waals surface area contributed by atoms with Crippen molar-refractivity contribution >= 4 is 0 Å². The van der Waals surface area contributed by atoms with Crippen LogP contribution < -0.4 is 5.32 Å². The molecule has 1 saturated heterocycles. The van der Waals surface area contributed by atoms with Crippen LogP contribution in [0.3, 0.4) is 0 Å². The summed E-state index contributed by atoms with van der Waals surface area (Å²) in [6, 6.07) is 4.80. The van der Waals surface area contributed by atoms with E-state index in [1.54, 1.807) is 0 Å². The molecule has 3 nitrogen and oxygen atoms in total. The highest BCUT2D eigenvalue weighted by Gasteiger charge is 2.36. The molecule has 0 radical (unpaired) electrons. The van der Waals surface area contributed by atoms with Crippen molar-refractivity contribution in [2.45, 2.75) is 65.1 Å². The van der Waals surface area contributed by atoms with Crippen LogP contribution in [-0.4, -0.2) is 29.6 Å². The van der Waals surface area contributed by atoms with E-state index in [0.717, 1.165) is 31.2 Å². The molecule has 0 saturated carbocycles. The molecule has 1 unspecified atom stereocenters. The van der Waals surface area contributed by atoms with Crippen LogP contribution in [0.25, 0.3) is 0 Å². The molecule has 1 aliphatic rings. The third-order valence-corrected chi connectivity index (χ3v) is 4.71. The van der Waals surface area contributed by atoms with Gasteiger partial charge in [0.05, 0.1) is 6.54 Å². The fourth-order valence-electron chi connectivity index (χ4n) is 3.12. The number of rotatable bonds is 5. The molecule has 0 aromatic carbocycles. The standard InChI is InChI=1S/C16H28N2O/c1-5-14-10-17-16(6-2,7-3)12-18(14)11-15-9-8-13(4)19-15/h8-9,14,17H,5-7,10-12H2,1-4H3. The van der Waals surface area contributed by atoms with Gasteiger partial charge in [0.2, 0.25) is 0 Å². The largest absolute Gasteiger partial charge is 0.465 e. The Morgan fingerprint density at radius 1 is 1.32 bits per heavy atom. The molecule has 1 atom stereocenters. The van der Waals surface area contributed by atoms with Gasteiger partial charge >= 0.3 is 0 Å². The van der Waals surface area contributed by atoms with Crippen LogP contribution in [0.1, 0.15) is 51.6 Å². The Labute approximate surface area is 117 Å². The summed E-state index contributed by atoms with van der Waals surface area (Å²) in [5, 5.41) is 3.78. The Hall–Kier alpha value is -0.800. The lowest BCUT2D eigenvalue weighted by atomic mass is 9.88. The van der Waals surface area contributed by atoms with Gasteiger partial charge < -0.3 is 9.73 Å². The molecule has 19 heavy (non-hydrogen) atoms. The van der Waals surface area contributed by atoms with E-state index in [1.165, 1.54) is 19.3 Å². The van der Waals surface area contributed by atoms with Gasteiger partial charge in [-0.1, -0.05) is 20.8 Å². The number of hydrogen-bond acceptors (Lipinski definition) is 3. The van der Waals surface area contributed by atoms with E-state index in [9.17, 15) is 0 Å². The molecular formula is C16H28N2O. The monoisotopic (exact) mass is 264 g/mol. The smallest absolute Gasteiger partial charge is 0.118 e. The van der Waals surface area contributed by atoms with E-state index < -0.39 is 0 Å². The predicted octanol–water partition coefficient (Wildman–Crippen LogP) is 3.33. The summed E-state index contributed by atoms with van der Waals surface area (Å²) in [5.41, 5.74) is 0.285. The zero-order chi connectivity index (χ0) is 13.9. The summed E-state index contributed by atoms with van der Waals surface area (Å²) in [4.78, 5) is 2.60. The average molecular weight is 264 g/mol.